The van der Waals surface area contributed by atoms with Crippen LogP contribution in [0.2, 0.25) is 0 Å². The summed E-state index contributed by atoms with van der Waals surface area (Å²) in [6, 6.07) is 2.39. The standard InChI is InChI=1S/C13H21NOS/c1-3-15-11-6-10(7-11)8-12(14)13-9(2)4-5-16-13/h4-5,10-12H,3,6-8,14H2,1-2H3. The molecule has 0 bridgehead atoms. The quantitative estimate of drug-likeness (QED) is 0.856. The van der Waals surface area contributed by atoms with Gasteiger partial charge in [0.05, 0.1) is 6.10 Å². The number of rotatable bonds is 5. The molecule has 0 aromatic carbocycles. The molecular formula is C13H21NOS. The highest BCUT2D eigenvalue weighted by Crippen LogP contribution is 2.37. The van der Waals surface area contributed by atoms with Crippen molar-refractivity contribution >= 4 is 11.3 Å². The van der Waals surface area contributed by atoms with Crippen molar-refractivity contribution in [2.75, 3.05) is 6.61 Å². The van der Waals surface area contributed by atoms with Gasteiger partial charge >= 0.3 is 0 Å². The van der Waals surface area contributed by atoms with Crippen molar-refractivity contribution in [3.63, 3.8) is 0 Å². The lowest BCUT2D eigenvalue weighted by atomic mass is 9.78. The van der Waals surface area contributed by atoms with Gasteiger partial charge in [-0.1, -0.05) is 0 Å². The van der Waals surface area contributed by atoms with Crippen LogP contribution in [0, 0.1) is 12.8 Å². The van der Waals surface area contributed by atoms with Gasteiger partial charge in [0, 0.05) is 17.5 Å². The molecule has 0 aliphatic heterocycles. The molecule has 3 heteroatoms. The number of aryl methyl sites for hydroxylation is 1. The zero-order valence-electron chi connectivity index (χ0n) is 10.1. The van der Waals surface area contributed by atoms with Gasteiger partial charge in [-0.2, -0.15) is 0 Å². The monoisotopic (exact) mass is 239 g/mol. The van der Waals surface area contributed by atoms with Crippen LogP contribution < -0.4 is 5.73 Å². The van der Waals surface area contributed by atoms with E-state index in [0.29, 0.717) is 6.10 Å². The topological polar surface area (TPSA) is 35.2 Å². The largest absolute Gasteiger partial charge is 0.378 e. The van der Waals surface area contributed by atoms with Gasteiger partial charge in [0.1, 0.15) is 0 Å². The fourth-order valence-electron chi connectivity index (χ4n) is 2.47. The van der Waals surface area contributed by atoms with Crippen molar-refractivity contribution in [1.29, 1.82) is 0 Å². The lowest BCUT2D eigenvalue weighted by Crippen LogP contribution is -2.33. The molecule has 1 aromatic heterocycles. The molecule has 16 heavy (non-hydrogen) atoms. The first-order valence-corrected chi connectivity index (χ1v) is 6.99. The van der Waals surface area contributed by atoms with Crippen LogP contribution in [0.1, 0.15) is 42.7 Å². The van der Waals surface area contributed by atoms with E-state index >= 15 is 0 Å². The molecule has 1 saturated carbocycles. The molecule has 2 nitrogen and oxygen atoms in total. The number of thiophene rings is 1. The molecule has 1 aliphatic carbocycles. The Kier molecular flexibility index (Phi) is 4.00. The Morgan fingerprint density at radius 1 is 1.56 bits per heavy atom. The zero-order chi connectivity index (χ0) is 11.5. The van der Waals surface area contributed by atoms with E-state index in [4.69, 9.17) is 10.5 Å². The van der Waals surface area contributed by atoms with Crippen LogP contribution in [0.5, 0.6) is 0 Å². The number of nitrogens with two attached hydrogens (primary N) is 1. The van der Waals surface area contributed by atoms with Crippen LogP contribution in [-0.4, -0.2) is 12.7 Å². The van der Waals surface area contributed by atoms with Gasteiger partial charge < -0.3 is 10.5 Å². The summed E-state index contributed by atoms with van der Waals surface area (Å²) in [5.41, 5.74) is 7.59. The fourth-order valence-corrected chi connectivity index (χ4v) is 3.41. The van der Waals surface area contributed by atoms with Crippen LogP contribution in [0.4, 0.5) is 0 Å². The lowest BCUT2D eigenvalue weighted by molar-refractivity contribution is -0.0281. The van der Waals surface area contributed by atoms with Crippen molar-refractivity contribution in [3.8, 4) is 0 Å². The Labute approximate surface area is 102 Å². The smallest absolute Gasteiger partial charge is 0.0580 e. The van der Waals surface area contributed by atoms with Gasteiger partial charge in [0.2, 0.25) is 0 Å². The van der Waals surface area contributed by atoms with E-state index in [1.54, 1.807) is 11.3 Å². The van der Waals surface area contributed by atoms with Gasteiger partial charge in [0.25, 0.3) is 0 Å². The molecule has 90 valence electrons. The first-order chi connectivity index (χ1) is 7.70. The summed E-state index contributed by atoms with van der Waals surface area (Å²) in [5, 5.41) is 2.13. The van der Waals surface area contributed by atoms with Gasteiger partial charge in [-0.3, -0.25) is 0 Å². The zero-order valence-corrected chi connectivity index (χ0v) is 10.9. The second-order valence-corrected chi connectivity index (χ2v) is 5.67. The second kappa shape index (κ2) is 5.30. The Bertz CT molecular complexity index is 330. The van der Waals surface area contributed by atoms with Crippen molar-refractivity contribution in [2.45, 2.75) is 45.3 Å². The van der Waals surface area contributed by atoms with Crippen molar-refractivity contribution in [3.05, 3.63) is 21.9 Å². The van der Waals surface area contributed by atoms with E-state index in [9.17, 15) is 0 Å². The SMILES string of the molecule is CCOC1CC(CC(N)c2sccc2C)C1. The predicted molar refractivity (Wildman–Crippen MR) is 68.7 cm³/mol. The van der Waals surface area contributed by atoms with Gasteiger partial charge in [0.15, 0.2) is 0 Å². The number of hydrogen-bond donors (Lipinski definition) is 1. The Morgan fingerprint density at radius 2 is 2.31 bits per heavy atom. The molecule has 2 rings (SSSR count). The normalized spacial score (nSPS) is 26.4. The van der Waals surface area contributed by atoms with E-state index in [1.165, 1.54) is 23.3 Å². The fraction of sp³-hybridized carbons (Fsp3) is 0.692. The second-order valence-electron chi connectivity index (χ2n) is 4.72. The minimum Gasteiger partial charge on any atom is -0.378 e. The molecule has 1 unspecified atom stereocenters. The van der Waals surface area contributed by atoms with Crippen LogP contribution in [0.3, 0.4) is 0 Å². The van der Waals surface area contributed by atoms with Gasteiger partial charge in [-0.25, -0.2) is 0 Å². The third-order valence-corrected chi connectivity index (χ3v) is 4.57. The van der Waals surface area contributed by atoms with E-state index in [-0.39, 0.29) is 6.04 Å². The van der Waals surface area contributed by atoms with Gasteiger partial charge in [-0.05, 0) is 56.0 Å². The summed E-state index contributed by atoms with van der Waals surface area (Å²) < 4.78 is 5.57. The highest BCUT2D eigenvalue weighted by Gasteiger charge is 2.31. The Balaban J connectivity index is 1.77. The third-order valence-electron chi connectivity index (χ3n) is 3.42. The molecule has 0 saturated heterocycles. The Morgan fingerprint density at radius 3 is 2.88 bits per heavy atom. The molecule has 1 aromatic rings. The van der Waals surface area contributed by atoms with Gasteiger partial charge in [-0.15, -0.1) is 11.3 Å². The predicted octanol–water partition coefficient (Wildman–Crippen LogP) is 3.26. The van der Waals surface area contributed by atoms with Crippen LogP contribution in [0.15, 0.2) is 11.4 Å². The van der Waals surface area contributed by atoms with Crippen LogP contribution >= 0.6 is 11.3 Å². The van der Waals surface area contributed by atoms with E-state index in [2.05, 4.69) is 25.3 Å². The molecule has 0 amide bonds. The number of ether oxygens (including phenoxy) is 1. The average Bonchev–Trinajstić information content (AvgIpc) is 2.61. The summed E-state index contributed by atoms with van der Waals surface area (Å²) in [4.78, 5) is 1.36. The average molecular weight is 239 g/mol. The highest BCUT2D eigenvalue weighted by molar-refractivity contribution is 7.10. The molecule has 1 atom stereocenters. The van der Waals surface area contributed by atoms with Crippen molar-refractivity contribution < 1.29 is 4.74 Å². The van der Waals surface area contributed by atoms with Crippen molar-refractivity contribution in [2.24, 2.45) is 11.7 Å². The summed E-state index contributed by atoms with van der Waals surface area (Å²) >= 11 is 1.79. The summed E-state index contributed by atoms with van der Waals surface area (Å²) in [6.45, 7) is 5.05. The maximum Gasteiger partial charge on any atom is 0.0580 e. The van der Waals surface area contributed by atoms with Crippen LogP contribution in [0.25, 0.3) is 0 Å². The molecular weight excluding hydrogens is 218 g/mol. The molecule has 1 aliphatic rings. The van der Waals surface area contributed by atoms with E-state index < -0.39 is 0 Å². The van der Waals surface area contributed by atoms with E-state index in [0.717, 1.165) is 18.9 Å². The summed E-state index contributed by atoms with van der Waals surface area (Å²) in [5.74, 6) is 0.771. The molecule has 1 heterocycles. The van der Waals surface area contributed by atoms with Crippen molar-refractivity contribution in [1.82, 2.24) is 0 Å². The molecule has 0 spiro atoms. The lowest BCUT2D eigenvalue weighted by Gasteiger charge is -2.36. The summed E-state index contributed by atoms with van der Waals surface area (Å²) in [6.07, 6.45) is 4.02. The minimum absolute atomic E-state index is 0.229. The molecule has 1 fully saturated rings. The molecule has 0 radical (unpaired) electrons. The summed E-state index contributed by atoms with van der Waals surface area (Å²) in [7, 11) is 0. The first-order valence-electron chi connectivity index (χ1n) is 6.11. The first kappa shape index (κ1) is 12.1. The molecule has 2 N–H and O–H groups in total. The minimum atomic E-state index is 0.229. The van der Waals surface area contributed by atoms with E-state index in [1.807, 2.05) is 0 Å². The maximum atomic E-state index is 6.24. The van der Waals surface area contributed by atoms with Crippen LogP contribution in [-0.2, 0) is 4.74 Å². The Hall–Kier alpha value is -0.380. The maximum absolute atomic E-state index is 6.24. The highest BCUT2D eigenvalue weighted by atomic mass is 32.1. The number of hydrogen-bond acceptors (Lipinski definition) is 3. The third kappa shape index (κ3) is 2.65.